The molecule has 5 rings (SSSR count). The number of alkyl halides is 3. The van der Waals surface area contributed by atoms with Crippen molar-refractivity contribution in [1.29, 1.82) is 0 Å². The lowest BCUT2D eigenvalue weighted by Gasteiger charge is -2.14. The molecule has 4 aromatic rings. The highest BCUT2D eigenvalue weighted by molar-refractivity contribution is 6.12. The normalized spacial score (nSPS) is 14.0. The number of fused-ring (bicyclic) bond motifs is 1. The van der Waals surface area contributed by atoms with E-state index in [4.69, 9.17) is 4.74 Å². The highest BCUT2D eigenvalue weighted by Gasteiger charge is 2.31. The Morgan fingerprint density at radius 3 is 2.40 bits per heavy atom. The van der Waals surface area contributed by atoms with Gasteiger partial charge in [0.25, 0.3) is 0 Å². The van der Waals surface area contributed by atoms with E-state index in [9.17, 15) is 27.9 Å². The van der Waals surface area contributed by atoms with Gasteiger partial charge in [0.2, 0.25) is 5.91 Å². The molecule has 0 spiro atoms. The lowest BCUT2D eigenvalue weighted by atomic mass is 10.1. The minimum absolute atomic E-state index is 0.109. The van der Waals surface area contributed by atoms with Gasteiger partial charge in [-0.3, -0.25) is 9.78 Å². The Balaban J connectivity index is 1.58. The van der Waals surface area contributed by atoms with E-state index >= 15 is 0 Å². The molecule has 0 bridgehead atoms. The van der Waals surface area contributed by atoms with E-state index in [1.165, 1.54) is 6.07 Å². The second-order valence-corrected chi connectivity index (χ2v) is 11.0. The lowest BCUT2D eigenvalue weighted by Crippen LogP contribution is -2.18. The molecule has 1 amide bonds. The minimum Gasteiger partial charge on any atom is -0.490 e. The summed E-state index contributed by atoms with van der Waals surface area (Å²) in [6.45, 7) is 0.681. The predicted molar refractivity (Wildman–Crippen MR) is 158 cm³/mol. The molecule has 0 saturated heterocycles. The van der Waals surface area contributed by atoms with Crippen LogP contribution in [0.25, 0.3) is 27.8 Å². The summed E-state index contributed by atoms with van der Waals surface area (Å²) < 4.78 is 46.9. The number of carboxylic acids is 1. The third-order valence-electron chi connectivity index (χ3n) is 7.53. The van der Waals surface area contributed by atoms with Crippen LogP contribution in [0, 0.1) is 0 Å². The van der Waals surface area contributed by atoms with E-state index in [0.717, 1.165) is 37.9 Å². The standard InChI is InChI=1S/C32H33F3N4O4/c1-38(2)17-5-8-28(40)37-29-25-18-20(26-15-10-21(19-36-26)32(33,34)35)9-16-27(25)39(30(29)31(41)42)22-11-13-24(14-12-22)43-23-6-3-4-7-23/h9-16,18-19,23H,3-8,17H2,1-2H3,(H,37,40)(H,41,42). The summed E-state index contributed by atoms with van der Waals surface area (Å²) in [5.41, 5.74) is 0.892. The Labute approximate surface area is 247 Å². The number of aromatic carboxylic acids is 1. The number of carbonyl (C=O) groups excluding carboxylic acids is 1. The van der Waals surface area contributed by atoms with Crippen LogP contribution in [0.4, 0.5) is 18.9 Å². The fourth-order valence-corrected chi connectivity index (χ4v) is 5.41. The molecule has 1 fully saturated rings. The monoisotopic (exact) mass is 594 g/mol. The molecular formula is C32H33F3N4O4. The van der Waals surface area contributed by atoms with E-state index in [1.807, 2.05) is 19.0 Å². The molecule has 0 atom stereocenters. The van der Waals surface area contributed by atoms with Crippen LogP contribution in [-0.4, -0.2) is 58.2 Å². The predicted octanol–water partition coefficient (Wildman–Crippen LogP) is 7.01. The molecule has 2 N–H and O–H groups in total. The number of rotatable bonds is 10. The molecule has 1 aliphatic rings. The lowest BCUT2D eigenvalue weighted by molar-refractivity contribution is -0.137. The van der Waals surface area contributed by atoms with Gasteiger partial charge in [0.05, 0.1) is 28.6 Å². The average Bonchev–Trinajstić information content (AvgIpc) is 3.59. The van der Waals surface area contributed by atoms with Gasteiger partial charge < -0.3 is 24.6 Å². The molecular weight excluding hydrogens is 561 g/mol. The molecule has 0 radical (unpaired) electrons. The van der Waals surface area contributed by atoms with Crippen LogP contribution in [0.15, 0.2) is 60.8 Å². The number of nitrogens with one attached hydrogen (secondary N) is 1. The van der Waals surface area contributed by atoms with E-state index in [2.05, 4.69) is 10.3 Å². The van der Waals surface area contributed by atoms with Gasteiger partial charge in [-0.05, 0) is 101 Å². The Morgan fingerprint density at radius 1 is 1.07 bits per heavy atom. The number of benzene rings is 2. The third kappa shape index (κ3) is 6.83. The summed E-state index contributed by atoms with van der Waals surface area (Å²) in [6, 6.07) is 14.3. The van der Waals surface area contributed by atoms with Crippen LogP contribution >= 0.6 is 0 Å². The first-order valence-electron chi connectivity index (χ1n) is 14.2. The minimum atomic E-state index is -4.52. The summed E-state index contributed by atoms with van der Waals surface area (Å²) in [4.78, 5) is 31.7. The van der Waals surface area contributed by atoms with Crippen molar-refractivity contribution in [2.24, 2.45) is 0 Å². The number of amides is 1. The molecule has 0 aliphatic heterocycles. The van der Waals surface area contributed by atoms with Crippen molar-refractivity contribution in [1.82, 2.24) is 14.5 Å². The number of halogens is 3. The zero-order chi connectivity index (χ0) is 30.7. The van der Waals surface area contributed by atoms with Crippen molar-refractivity contribution < 1.29 is 32.6 Å². The van der Waals surface area contributed by atoms with Crippen LogP contribution in [-0.2, 0) is 11.0 Å². The summed E-state index contributed by atoms with van der Waals surface area (Å²) in [7, 11) is 3.80. The van der Waals surface area contributed by atoms with E-state index in [-0.39, 0.29) is 35.5 Å². The average molecular weight is 595 g/mol. The van der Waals surface area contributed by atoms with Crippen LogP contribution < -0.4 is 10.1 Å². The van der Waals surface area contributed by atoms with E-state index in [1.54, 1.807) is 47.0 Å². The smallest absolute Gasteiger partial charge is 0.417 e. The number of aromatic nitrogens is 2. The zero-order valence-electron chi connectivity index (χ0n) is 23.9. The van der Waals surface area contributed by atoms with Gasteiger partial charge in [-0.15, -0.1) is 0 Å². The number of anilines is 1. The molecule has 226 valence electrons. The van der Waals surface area contributed by atoms with Gasteiger partial charge in [0, 0.05) is 29.3 Å². The highest BCUT2D eigenvalue weighted by Crippen LogP contribution is 2.38. The second kappa shape index (κ2) is 12.5. The fraction of sp³-hybridized carbons (Fsp3) is 0.344. The Kier molecular flexibility index (Phi) is 8.72. The molecule has 2 heterocycles. The van der Waals surface area contributed by atoms with Crippen molar-refractivity contribution >= 4 is 28.5 Å². The quantitative estimate of drug-likeness (QED) is 0.205. The van der Waals surface area contributed by atoms with E-state index < -0.39 is 17.7 Å². The molecule has 1 aliphatic carbocycles. The van der Waals surface area contributed by atoms with Crippen molar-refractivity contribution in [3.8, 4) is 22.7 Å². The van der Waals surface area contributed by atoms with Crippen molar-refractivity contribution in [3.63, 3.8) is 0 Å². The van der Waals surface area contributed by atoms with E-state index in [0.29, 0.717) is 40.9 Å². The van der Waals surface area contributed by atoms with Crippen LogP contribution in [0.2, 0.25) is 0 Å². The maximum Gasteiger partial charge on any atom is 0.417 e. The number of carbonyl (C=O) groups is 2. The Bertz CT molecular complexity index is 1610. The van der Waals surface area contributed by atoms with Crippen molar-refractivity contribution in [2.45, 2.75) is 50.8 Å². The number of ether oxygens (including phenoxy) is 1. The van der Waals surface area contributed by atoms with Gasteiger partial charge >= 0.3 is 12.1 Å². The van der Waals surface area contributed by atoms with Crippen LogP contribution in [0.5, 0.6) is 5.75 Å². The molecule has 0 unspecified atom stereocenters. The van der Waals surface area contributed by atoms with Gasteiger partial charge in [-0.1, -0.05) is 6.07 Å². The maximum absolute atomic E-state index is 13.1. The first-order chi connectivity index (χ1) is 20.5. The van der Waals surface area contributed by atoms with Gasteiger partial charge in [-0.25, -0.2) is 4.79 Å². The van der Waals surface area contributed by atoms with Crippen molar-refractivity contribution in [2.75, 3.05) is 26.0 Å². The first kappa shape index (κ1) is 30.1. The Hall–Kier alpha value is -4.38. The highest BCUT2D eigenvalue weighted by atomic mass is 19.4. The third-order valence-corrected chi connectivity index (χ3v) is 7.53. The van der Waals surface area contributed by atoms with Crippen LogP contribution in [0.3, 0.4) is 0 Å². The fourth-order valence-electron chi connectivity index (χ4n) is 5.41. The van der Waals surface area contributed by atoms with Gasteiger partial charge in [0.15, 0.2) is 5.69 Å². The molecule has 1 saturated carbocycles. The summed E-state index contributed by atoms with van der Waals surface area (Å²) in [6.07, 6.45) is 1.42. The second-order valence-electron chi connectivity index (χ2n) is 11.0. The topological polar surface area (TPSA) is 96.7 Å². The number of pyridine rings is 1. The largest absolute Gasteiger partial charge is 0.490 e. The molecule has 2 aromatic heterocycles. The SMILES string of the molecule is CN(C)CCCC(=O)Nc1c(C(=O)O)n(-c2ccc(OC3CCCC3)cc2)c2ccc(-c3ccc(C(F)(F)F)cn3)cc12. The first-order valence-corrected chi connectivity index (χ1v) is 14.2. The van der Waals surface area contributed by atoms with Gasteiger partial charge in [-0.2, -0.15) is 13.2 Å². The summed E-state index contributed by atoms with van der Waals surface area (Å²) >= 11 is 0. The van der Waals surface area contributed by atoms with Crippen molar-refractivity contribution in [3.05, 3.63) is 72.1 Å². The molecule has 11 heteroatoms. The number of hydrogen-bond donors (Lipinski definition) is 2. The van der Waals surface area contributed by atoms with Crippen LogP contribution in [0.1, 0.15) is 54.6 Å². The zero-order valence-corrected chi connectivity index (χ0v) is 23.9. The molecule has 8 nitrogen and oxygen atoms in total. The molecule has 43 heavy (non-hydrogen) atoms. The maximum atomic E-state index is 13.1. The number of hydrogen-bond acceptors (Lipinski definition) is 5. The molecule has 2 aromatic carbocycles. The summed E-state index contributed by atoms with van der Waals surface area (Å²) in [5.74, 6) is -0.906. The number of carboxylic acid groups (broad SMARTS) is 1. The Morgan fingerprint density at radius 2 is 1.79 bits per heavy atom. The summed E-state index contributed by atoms with van der Waals surface area (Å²) in [5, 5.41) is 13.6. The number of nitrogens with zero attached hydrogens (tertiary/aromatic N) is 3. The van der Waals surface area contributed by atoms with Gasteiger partial charge in [0.1, 0.15) is 5.75 Å².